The molecule has 0 radical (unpaired) electrons. The Bertz CT molecular complexity index is 727. The van der Waals surface area contributed by atoms with Crippen molar-refractivity contribution in [2.75, 3.05) is 10.6 Å². The van der Waals surface area contributed by atoms with Crippen LogP contribution in [-0.2, 0) is 9.59 Å². The third-order valence-corrected chi connectivity index (χ3v) is 3.39. The molecule has 0 aliphatic rings. The fourth-order valence-corrected chi connectivity index (χ4v) is 2.02. The molecule has 0 aliphatic carbocycles. The summed E-state index contributed by atoms with van der Waals surface area (Å²) in [7, 11) is 0. The van der Waals surface area contributed by atoms with Crippen LogP contribution in [0.15, 0.2) is 54.6 Å². The fourth-order valence-electron chi connectivity index (χ4n) is 1.86. The van der Waals surface area contributed by atoms with E-state index in [0.29, 0.717) is 22.8 Å². The second-order valence-corrected chi connectivity index (χ2v) is 5.24. The van der Waals surface area contributed by atoms with Crippen molar-refractivity contribution in [1.82, 2.24) is 0 Å². The number of rotatable bonds is 5. The topological polar surface area (TPSA) is 58.2 Å². The molecule has 2 rings (SSSR count). The Morgan fingerprint density at radius 1 is 1.09 bits per heavy atom. The van der Waals surface area contributed by atoms with Crippen molar-refractivity contribution in [3.05, 3.63) is 65.2 Å². The van der Waals surface area contributed by atoms with Crippen LogP contribution in [0.1, 0.15) is 18.9 Å². The number of halogens is 1. The van der Waals surface area contributed by atoms with Crippen LogP contribution in [0.3, 0.4) is 0 Å². The lowest BCUT2D eigenvalue weighted by Crippen LogP contribution is -2.11. The van der Waals surface area contributed by atoms with E-state index in [4.69, 9.17) is 11.6 Å². The highest BCUT2D eigenvalue weighted by Gasteiger charge is 2.06. The van der Waals surface area contributed by atoms with Gasteiger partial charge >= 0.3 is 0 Å². The summed E-state index contributed by atoms with van der Waals surface area (Å²) < 4.78 is 0. The number of carbonyl (C=O) groups excluding carboxylic acids is 2. The second-order valence-electron chi connectivity index (χ2n) is 4.83. The third kappa shape index (κ3) is 5.27. The van der Waals surface area contributed by atoms with Gasteiger partial charge in [-0.2, -0.15) is 0 Å². The molecule has 0 spiro atoms. The summed E-state index contributed by atoms with van der Waals surface area (Å²) in [6.45, 7) is 1.77. The summed E-state index contributed by atoms with van der Waals surface area (Å²) >= 11 is 6.08. The second kappa shape index (κ2) is 8.15. The highest BCUT2D eigenvalue weighted by atomic mass is 35.5. The highest BCUT2D eigenvalue weighted by Crippen LogP contribution is 2.25. The molecule has 0 heterocycles. The van der Waals surface area contributed by atoms with Crippen LogP contribution < -0.4 is 10.6 Å². The Hall–Kier alpha value is -2.59. The van der Waals surface area contributed by atoms with Gasteiger partial charge in [-0.15, -0.1) is 0 Å². The molecule has 5 heteroatoms. The van der Waals surface area contributed by atoms with Gasteiger partial charge in [-0.3, -0.25) is 9.59 Å². The largest absolute Gasteiger partial charge is 0.326 e. The monoisotopic (exact) mass is 328 g/mol. The summed E-state index contributed by atoms with van der Waals surface area (Å²) in [6.07, 6.45) is 3.53. The molecule has 0 aromatic heterocycles. The lowest BCUT2D eigenvalue weighted by molar-refractivity contribution is -0.116. The van der Waals surface area contributed by atoms with Gasteiger partial charge in [-0.25, -0.2) is 0 Å². The van der Waals surface area contributed by atoms with Crippen LogP contribution in [0.4, 0.5) is 11.4 Å². The van der Waals surface area contributed by atoms with Gasteiger partial charge in [0.25, 0.3) is 0 Å². The lowest BCUT2D eigenvalue weighted by atomic mass is 10.2. The summed E-state index contributed by atoms with van der Waals surface area (Å²) in [5, 5.41) is 5.83. The minimum absolute atomic E-state index is 0.103. The molecule has 23 heavy (non-hydrogen) atoms. The van der Waals surface area contributed by atoms with E-state index in [1.54, 1.807) is 31.2 Å². The first-order chi connectivity index (χ1) is 11.1. The maximum absolute atomic E-state index is 12.0. The van der Waals surface area contributed by atoms with Crippen molar-refractivity contribution in [2.45, 2.75) is 13.3 Å². The van der Waals surface area contributed by atoms with Gasteiger partial charge in [-0.05, 0) is 29.8 Å². The molecular formula is C18H17ClN2O2. The number of nitrogens with one attached hydrogen (secondary N) is 2. The summed E-state index contributed by atoms with van der Waals surface area (Å²) in [4.78, 5) is 23.4. The molecule has 2 N–H and O–H groups in total. The van der Waals surface area contributed by atoms with E-state index < -0.39 is 0 Å². The first-order valence-electron chi connectivity index (χ1n) is 7.22. The van der Waals surface area contributed by atoms with Crippen molar-refractivity contribution < 1.29 is 9.59 Å². The molecule has 0 saturated carbocycles. The molecule has 0 aliphatic heterocycles. The summed E-state index contributed by atoms with van der Waals surface area (Å²) in [5.74, 6) is -0.400. The minimum Gasteiger partial charge on any atom is -0.326 e. The van der Waals surface area contributed by atoms with E-state index >= 15 is 0 Å². The Morgan fingerprint density at radius 3 is 2.52 bits per heavy atom. The van der Waals surface area contributed by atoms with E-state index in [-0.39, 0.29) is 11.8 Å². The number of benzene rings is 2. The van der Waals surface area contributed by atoms with Crippen LogP contribution in [0.5, 0.6) is 0 Å². The third-order valence-electron chi connectivity index (χ3n) is 3.06. The van der Waals surface area contributed by atoms with Crippen molar-refractivity contribution in [3.8, 4) is 0 Å². The Morgan fingerprint density at radius 2 is 1.83 bits per heavy atom. The molecule has 2 aromatic carbocycles. The van der Waals surface area contributed by atoms with Gasteiger partial charge in [0.2, 0.25) is 11.8 Å². The van der Waals surface area contributed by atoms with Crippen LogP contribution in [0, 0.1) is 0 Å². The Labute approximate surface area is 140 Å². The van der Waals surface area contributed by atoms with E-state index in [9.17, 15) is 9.59 Å². The van der Waals surface area contributed by atoms with E-state index in [1.807, 2.05) is 30.3 Å². The molecule has 4 nitrogen and oxygen atoms in total. The first-order valence-corrected chi connectivity index (χ1v) is 7.60. The van der Waals surface area contributed by atoms with Gasteiger partial charge < -0.3 is 10.6 Å². The first kappa shape index (κ1) is 16.8. The van der Waals surface area contributed by atoms with Crippen LogP contribution >= 0.6 is 11.6 Å². The predicted molar refractivity (Wildman–Crippen MR) is 94.5 cm³/mol. The maximum Gasteiger partial charge on any atom is 0.248 e. The minimum atomic E-state index is -0.297. The smallest absolute Gasteiger partial charge is 0.248 e. The van der Waals surface area contributed by atoms with Crippen LogP contribution in [0.2, 0.25) is 5.02 Å². The number of hydrogen-bond donors (Lipinski definition) is 2. The lowest BCUT2D eigenvalue weighted by Gasteiger charge is -2.09. The van der Waals surface area contributed by atoms with Gasteiger partial charge in [0, 0.05) is 18.2 Å². The van der Waals surface area contributed by atoms with E-state index in [1.165, 1.54) is 6.08 Å². The van der Waals surface area contributed by atoms with Crippen molar-refractivity contribution in [3.63, 3.8) is 0 Å². The molecule has 0 unspecified atom stereocenters. The molecule has 0 atom stereocenters. The van der Waals surface area contributed by atoms with Crippen molar-refractivity contribution in [1.29, 1.82) is 0 Å². The van der Waals surface area contributed by atoms with E-state index in [2.05, 4.69) is 10.6 Å². The highest BCUT2D eigenvalue weighted by molar-refractivity contribution is 6.34. The van der Waals surface area contributed by atoms with Crippen molar-refractivity contribution >= 4 is 40.9 Å². The number of carbonyl (C=O) groups is 2. The molecule has 0 saturated heterocycles. The fraction of sp³-hybridized carbons (Fsp3) is 0.111. The van der Waals surface area contributed by atoms with Crippen LogP contribution in [0.25, 0.3) is 6.08 Å². The van der Waals surface area contributed by atoms with Gasteiger partial charge in [0.05, 0.1) is 10.7 Å². The molecule has 0 bridgehead atoms. The standard InChI is InChI=1S/C18H17ClN2O2/c1-2-17(22)20-14-9-10-15(19)16(12-14)21-18(23)11-8-13-6-4-3-5-7-13/h3-12H,2H2,1H3,(H,20,22)(H,21,23)/b11-8+. The Balaban J connectivity index is 2.06. The molecule has 2 aromatic rings. The molecule has 0 fully saturated rings. The normalized spacial score (nSPS) is 10.5. The average molecular weight is 329 g/mol. The summed E-state index contributed by atoms with van der Waals surface area (Å²) in [5.41, 5.74) is 1.96. The van der Waals surface area contributed by atoms with Gasteiger partial charge in [0.15, 0.2) is 0 Å². The maximum atomic E-state index is 12.0. The zero-order valence-electron chi connectivity index (χ0n) is 12.7. The van der Waals surface area contributed by atoms with Crippen molar-refractivity contribution in [2.24, 2.45) is 0 Å². The molecule has 2 amide bonds. The zero-order valence-corrected chi connectivity index (χ0v) is 13.4. The SMILES string of the molecule is CCC(=O)Nc1ccc(Cl)c(NC(=O)/C=C/c2ccccc2)c1. The quantitative estimate of drug-likeness (QED) is 0.802. The molecule has 118 valence electrons. The van der Waals surface area contributed by atoms with E-state index in [0.717, 1.165) is 5.56 Å². The van der Waals surface area contributed by atoms with Gasteiger partial charge in [0.1, 0.15) is 0 Å². The number of amides is 2. The number of anilines is 2. The van der Waals surface area contributed by atoms with Crippen LogP contribution in [-0.4, -0.2) is 11.8 Å². The molecular weight excluding hydrogens is 312 g/mol. The summed E-state index contributed by atoms with van der Waals surface area (Å²) in [6, 6.07) is 14.4. The number of hydrogen-bond acceptors (Lipinski definition) is 2. The predicted octanol–water partition coefficient (Wildman–Crippen LogP) is 4.34. The zero-order chi connectivity index (χ0) is 16.7. The Kier molecular flexibility index (Phi) is 5.94. The average Bonchev–Trinajstić information content (AvgIpc) is 2.57. The van der Waals surface area contributed by atoms with Gasteiger partial charge in [-0.1, -0.05) is 48.9 Å².